The quantitative estimate of drug-likeness (QED) is 0.603. The molecule has 0 saturated carbocycles. The lowest BCUT2D eigenvalue weighted by Crippen LogP contribution is -2.09. The molecule has 0 atom stereocenters. The van der Waals surface area contributed by atoms with Crippen LogP contribution in [-0.2, 0) is 9.53 Å². The highest BCUT2D eigenvalue weighted by molar-refractivity contribution is 5.82. The maximum Gasteiger partial charge on any atom is 0.331 e. The largest absolute Gasteiger partial charge is 0.508 e. The van der Waals surface area contributed by atoms with Crippen molar-refractivity contribution in [3.05, 3.63) is 36.5 Å². The third-order valence-corrected chi connectivity index (χ3v) is 1.89. The molecule has 0 amide bonds. The van der Waals surface area contributed by atoms with Crippen LogP contribution in [0.15, 0.2) is 36.5 Å². The van der Waals surface area contributed by atoms with E-state index in [2.05, 4.69) is 4.74 Å². The van der Waals surface area contributed by atoms with Gasteiger partial charge in [-0.05, 0) is 24.3 Å². The molecule has 0 heterocycles. The van der Waals surface area contributed by atoms with Gasteiger partial charge in [-0.3, -0.25) is 0 Å². The average molecular weight is 207 g/mol. The summed E-state index contributed by atoms with van der Waals surface area (Å²) in [7, 11) is 3.12. The summed E-state index contributed by atoms with van der Waals surface area (Å²) >= 11 is 0. The molecule has 0 aliphatic carbocycles. The van der Waals surface area contributed by atoms with Gasteiger partial charge in [-0.25, -0.2) is 4.79 Å². The van der Waals surface area contributed by atoms with Crippen molar-refractivity contribution in [3.63, 3.8) is 0 Å². The molecule has 0 saturated heterocycles. The van der Waals surface area contributed by atoms with Gasteiger partial charge in [0.05, 0.1) is 7.11 Å². The fourth-order valence-corrected chi connectivity index (χ4v) is 1.01. The molecule has 1 aromatic rings. The SMILES string of the molecule is COC(=O)C=CN(C)c1ccc(O)cc1. The van der Waals surface area contributed by atoms with Crippen LogP contribution in [0.5, 0.6) is 5.75 Å². The molecular formula is C11H13NO3. The van der Waals surface area contributed by atoms with Crippen molar-refractivity contribution in [2.24, 2.45) is 0 Å². The Kier molecular flexibility index (Phi) is 3.74. The number of carbonyl (C=O) groups excluding carboxylic acids is 1. The fraction of sp³-hybridized carbons (Fsp3) is 0.182. The van der Waals surface area contributed by atoms with E-state index in [1.54, 1.807) is 42.4 Å². The Bertz CT molecular complexity index is 357. The fourth-order valence-electron chi connectivity index (χ4n) is 1.01. The minimum Gasteiger partial charge on any atom is -0.508 e. The smallest absolute Gasteiger partial charge is 0.331 e. The van der Waals surface area contributed by atoms with Gasteiger partial charge in [0, 0.05) is 25.0 Å². The summed E-state index contributed by atoms with van der Waals surface area (Å²) in [6.45, 7) is 0. The third-order valence-electron chi connectivity index (χ3n) is 1.89. The van der Waals surface area contributed by atoms with Gasteiger partial charge in [-0.15, -0.1) is 0 Å². The summed E-state index contributed by atoms with van der Waals surface area (Å²) < 4.78 is 4.46. The number of carbonyl (C=O) groups is 1. The summed E-state index contributed by atoms with van der Waals surface area (Å²) in [5.41, 5.74) is 0.868. The Balaban J connectivity index is 2.68. The summed E-state index contributed by atoms with van der Waals surface area (Å²) in [6.07, 6.45) is 2.92. The standard InChI is InChI=1S/C11H13NO3/c1-12(8-7-11(14)15-2)9-3-5-10(13)6-4-9/h3-8,13H,1-2H3. The van der Waals surface area contributed by atoms with Crippen LogP contribution in [0.3, 0.4) is 0 Å². The molecule has 4 heteroatoms. The number of esters is 1. The van der Waals surface area contributed by atoms with E-state index in [1.807, 2.05) is 0 Å². The van der Waals surface area contributed by atoms with Crippen molar-refractivity contribution < 1.29 is 14.6 Å². The second-order valence-corrected chi connectivity index (χ2v) is 2.97. The van der Waals surface area contributed by atoms with Gasteiger partial charge in [0.2, 0.25) is 0 Å². The molecule has 0 fully saturated rings. The van der Waals surface area contributed by atoms with Crippen LogP contribution in [0.25, 0.3) is 0 Å². The molecule has 1 aromatic carbocycles. The minimum atomic E-state index is -0.402. The summed E-state index contributed by atoms with van der Waals surface area (Å²) in [5.74, 6) is -0.190. The van der Waals surface area contributed by atoms with E-state index in [1.165, 1.54) is 13.2 Å². The van der Waals surface area contributed by atoms with Crippen LogP contribution in [0.2, 0.25) is 0 Å². The molecule has 15 heavy (non-hydrogen) atoms. The number of hydrogen-bond donors (Lipinski definition) is 1. The lowest BCUT2D eigenvalue weighted by molar-refractivity contribution is -0.134. The third kappa shape index (κ3) is 3.34. The zero-order chi connectivity index (χ0) is 11.3. The Labute approximate surface area is 88.4 Å². The van der Waals surface area contributed by atoms with Gasteiger partial charge in [0.25, 0.3) is 0 Å². The van der Waals surface area contributed by atoms with Gasteiger partial charge >= 0.3 is 5.97 Å². The van der Waals surface area contributed by atoms with Gasteiger partial charge in [0.15, 0.2) is 0 Å². The lowest BCUT2D eigenvalue weighted by atomic mass is 10.3. The number of phenols is 1. The Morgan fingerprint density at radius 2 is 2.00 bits per heavy atom. The number of benzene rings is 1. The van der Waals surface area contributed by atoms with Crippen molar-refractivity contribution in [3.8, 4) is 5.75 Å². The predicted molar refractivity (Wildman–Crippen MR) is 57.7 cm³/mol. The highest BCUT2D eigenvalue weighted by Gasteiger charge is 1.97. The van der Waals surface area contributed by atoms with Gasteiger partial charge < -0.3 is 14.7 Å². The zero-order valence-corrected chi connectivity index (χ0v) is 8.68. The molecule has 80 valence electrons. The molecule has 4 nitrogen and oxygen atoms in total. The molecule has 0 bridgehead atoms. The average Bonchev–Trinajstić information content (AvgIpc) is 2.26. The second-order valence-electron chi connectivity index (χ2n) is 2.97. The van der Waals surface area contributed by atoms with Crippen LogP contribution in [-0.4, -0.2) is 25.2 Å². The molecule has 1 rings (SSSR count). The van der Waals surface area contributed by atoms with E-state index in [4.69, 9.17) is 5.11 Å². The summed E-state index contributed by atoms with van der Waals surface area (Å²) in [4.78, 5) is 12.6. The molecule has 0 unspecified atom stereocenters. The first-order valence-electron chi connectivity index (χ1n) is 4.41. The van der Waals surface area contributed by atoms with Gasteiger partial charge in [-0.1, -0.05) is 0 Å². The molecule has 0 spiro atoms. The number of hydrogen-bond acceptors (Lipinski definition) is 4. The monoisotopic (exact) mass is 207 g/mol. The summed E-state index contributed by atoms with van der Waals surface area (Å²) in [6, 6.07) is 6.66. The molecule has 0 radical (unpaired) electrons. The molecular weight excluding hydrogens is 194 g/mol. The zero-order valence-electron chi connectivity index (χ0n) is 8.68. The minimum absolute atomic E-state index is 0.212. The first-order chi connectivity index (χ1) is 7.13. The number of ether oxygens (including phenoxy) is 1. The van der Waals surface area contributed by atoms with Crippen LogP contribution in [0.4, 0.5) is 5.69 Å². The highest BCUT2D eigenvalue weighted by Crippen LogP contribution is 2.17. The highest BCUT2D eigenvalue weighted by atomic mass is 16.5. The molecule has 1 N–H and O–H groups in total. The Morgan fingerprint density at radius 3 is 2.53 bits per heavy atom. The Morgan fingerprint density at radius 1 is 1.40 bits per heavy atom. The number of anilines is 1. The van der Waals surface area contributed by atoms with Gasteiger partial charge in [0.1, 0.15) is 5.75 Å². The maximum atomic E-state index is 10.8. The molecule has 0 aromatic heterocycles. The normalized spacial score (nSPS) is 10.3. The number of methoxy groups -OCH3 is 1. The van der Waals surface area contributed by atoms with E-state index in [0.717, 1.165) is 5.69 Å². The van der Waals surface area contributed by atoms with Gasteiger partial charge in [-0.2, -0.15) is 0 Å². The van der Waals surface area contributed by atoms with Crippen molar-refractivity contribution in [2.45, 2.75) is 0 Å². The first-order valence-corrected chi connectivity index (χ1v) is 4.41. The summed E-state index contributed by atoms with van der Waals surface area (Å²) in [5, 5.41) is 9.08. The van der Waals surface area contributed by atoms with Crippen molar-refractivity contribution in [1.82, 2.24) is 0 Å². The van der Waals surface area contributed by atoms with Crippen LogP contribution >= 0.6 is 0 Å². The van der Waals surface area contributed by atoms with Crippen molar-refractivity contribution in [1.29, 1.82) is 0 Å². The first kappa shape index (κ1) is 11.1. The van der Waals surface area contributed by atoms with E-state index in [9.17, 15) is 4.79 Å². The number of phenolic OH excluding ortho intramolecular Hbond substituents is 1. The van der Waals surface area contributed by atoms with E-state index < -0.39 is 5.97 Å². The molecule has 0 aliphatic heterocycles. The van der Waals surface area contributed by atoms with Crippen molar-refractivity contribution in [2.75, 3.05) is 19.1 Å². The Hall–Kier alpha value is -1.97. The maximum absolute atomic E-state index is 10.8. The number of rotatable bonds is 3. The van der Waals surface area contributed by atoms with Crippen LogP contribution in [0.1, 0.15) is 0 Å². The number of aromatic hydroxyl groups is 1. The predicted octanol–water partition coefficient (Wildman–Crippen LogP) is 1.52. The molecule has 0 aliphatic rings. The topological polar surface area (TPSA) is 49.8 Å². The van der Waals surface area contributed by atoms with Crippen LogP contribution in [0, 0.1) is 0 Å². The van der Waals surface area contributed by atoms with Crippen molar-refractivity contribution >= 4 is 11.7 Å². The van der Waals surface area contributed by atoms with Crippen LogP contribution < -0.4 is 4.90 Å². The number of nitrogens with zero attached hydrogens (tertiary/aromatic N) is 1. The van der Waals surface area contributed by atoms with E-state index in [-0.39, 0.29) is 5.75 Å². The lowest BCUT2D eigenvalue weighted by Gasteiger charge is -2.13. The second kappa shape index (κ2) is 5.05. The van der Waals surface area contributed by atoms with E-state index >= 15 is 0 Å². The van der Waals surface area contributed by atoms with E-state index in [0.29, 0.717) is 0 Å².